The molecule has 7 heteroatoms. The zero-order valence-corrected chi connectivity index (χ0v) is 15.9. The van der Waals surface area contributed by atoms with Crippen molar-refractivity contribution in [3.63, 3.8) is 0 Å². The molecule has 2 N–H and O–H groups in total. The molecule has 0 aliphatic carbocycles. The molecule has 0 aromatic heterocycles. The molecule has 0 amide bonds. The van der Waals surface area contributed by atoms with Gasteiger partial charge in [0.1, 0.15) is 11.5 Å². The number of benzene rings is 2. The highest BCUT2D eigenvalue weighted by Crippen LogP contribution is 2.30. The lowest BCUT2D eigenvalue weighted by atomic mass is 10.1. The largest absolute Gasteiger partial charge is 0.497 e. The molecule has 0 radical (unpaired) electrons. The highest BCUT2D eigenvalue weighted by molar-refractivity contribution is 7.80. The van der Waals surface area contributed by atoms with E-state index >= 15 is 0 Å². The van der Waals surface area contributed by atoms with Crippen molar-refractivity contribution in [2.45, 2.75) is 13.0 Å². The van der Waals surface area contributed by atoms with E-state index in [-0.39, 0.29) is 6.04 Å². The molecule has 2 rings (SSSR count). The minimum absolute atomic E-state index is 0.0962. The maximum atomic E-state index is 6.14. The molecule has 24 heavy (non-hydrogen) atoms. The molecule has 0 fully saturated rings. The van der Waals surface area contributed by atoms with Gasteiger partial charge in [-0.3, -0.25) is 0 Å². The summed E-state index contributed by atoms with van der Waals surface area (Å²) in [6.07, 6.45) is 0. The fourth-order valence-electron chi connectivity index (χ4n) is 2.20. The van der Waals surface area contributed by atoms with Gasteiger partial charge < -0.3 is 20.1 Å². The summed E-state index contributed by atoms with van der Waals surface area (Å²) in [6, 6.07) is 10.7. The summed E-state index contributed by atoms with van der Waals surface area (Å²) >= 11 is 17.4. The molecular formula is C17H18Cl2N2O2S. The first-order chi connectivity index (χ1) is 11.4. The Bertz CT molecular complexity index is 741. The van der Waals surface area contributed by atoms with E-state index in [1.807, 2.05) is 25.1 Å². The summed E-state index contributed by atoms with van der Waals surface area (Å²) in [6.45, 7) is 1.98. The minimum atomic E-state index is -0.0962. The Hall–Kier alpha value is -1.69. The first-order valence-corrected chi connectivity index (χ1v) is 8.35. The second-order valence-electron chi connectivity index (χ2n) is 5.05. The summed E-state index contributed by atoms with van der Waals surface area (Å²) in [4.78, 5) is 0. The van der Waals surface area contributed by atoms with Crippen LogP contribution in [0.1, 0.15) is 18.5 Å². The lowest BCUT2D eigenvalue weighted by Crippen LogP contribution is -2.31. The van der Waals surface area contributed by atoms with E-state index in [2.05, 4.69) is 10.6 Å². The zero-order valence-electron chi connectivity index (χ0n) is 13.5. The van der Waals surface area contributed by atoms with E-state index in [1.54, 1.807) is 32.4 Å². The standard InChI is InChI=1S/C17H18Cl2N2O2S/c1-10(13-9-12(22-2)5-7-16(13)23-3)20-17(24)21-15-6-4-11(18)8-14(15)19/h4-10H,1-3H3,(H2,20,21,24). The molecule has 0 saturated carbocycles. The minimum Gasteiger partial charge on any atom is -0.497 e. The molecule has 0 aliphatic rings. The number of rotatable bonds is 5. The predicted molar refractivity (Wildman–Crippen MR) is 104 cm³/mol. The average Bonchev–Trinajstić information content (AvgIpc) is 2.56. The van der Waals surface area contributed by atoms with E-state index in [1.165, 1.54) is 0 Å². The molecule has 4 nitrogen and oxygen atoms in total. The lowest BCUT2D eigenvalue weighted by Gasteiger charge is -2.20. The van der Waals surface area contributed by atoms with Crippen molar-refractivity contribution < 1.29 is 9.47 Å². The van der Waals surface area contributed by atoms with E-state index in [0.717, 1.165) is 17.1 Å². The van der Waals surface area contributed by atoms with Gasteiger partial charge in [-0.15, -0.1) is 0 Å². The molecule has 1 atom stereocenters. The number of methoxy groups -OCH3 is 2. The molecule has 0 spiro atoms. The number of halogens is 2. The number of nitrogens with one attached hydrogen (secondary N) is 2. The molecule has 2 aromatic carbocycles. The number of hydrogen-bond donors (Lipinski definition) is 2. The highest BCUT2D eigenvalue weighted by atomic mass is 35.5. The monoisotopic (exact) mass is 384 g/mol. The van der Waals surface area contributed by atoms with E-state index in [9.17, 15) is 0 Å². The van der Waals surface area contributed by atoms with Gasteiger partial charge in [0.05, 0.1) is 31.0 Å². The normalized spacial score (nSPS) is 11.5. The van der Waals surface area contributed by atoms with E-state index in [4.69, 9.17) is 44.9 Å². The van der Waals surface area contributed by atoms with Crippen molar-refractivity contribution >= 4 is 46.2 Å². The SMILES string of the molecule is COc1ccc(OC)c(C(C)NC(=S)Nc2ccc(Cl)cc2Cl)c1. The molecule has 0 heterocycles. The molecule has 0 saturated heterocycles. The van der Waals surface area contributed by atoms with Crippen molar-refractivity contribution in [3.05, 3.63) is 52.0 Å². The first-order valence-electron chi connectivity index (χ1n) is 7.19. The Labute approximate surface area is 157 Å². The Balaban J connectivity index is 2.11. The second kappa shape index (κ2) is 8.42. The average molecular weight is 385 g/mol. The highest BCUT2D eigenvalue weighted by Gasteiger charge is 2.14. The van der Waals surface area contributed by atoms with Crippen LogP contribution in [0, 0.1) is 0 Å². The molecular weight excluding hydrogens is 367 g/mol. The Morgan fingerprint density at radius 2 is 1.83 bits per heavy atom. The summed E-state index contributed by atoms with van der Waals surface area (Å²) in [5.41, 5.74) is 1.62. The number of ether oxygens (including phenoxy) is 2. The maximum Gasteiger partial charge on any atom is 0.171 e. The van der Waals surface area contributed by atoms with E-state index < -0.39 is 0 Å². The van der Waals surface area contributed by atoms with Gasteiger partial charge in [-0.1, -0.05) is 23.2 Å². The lowest BCUT2D eigenvalue weighted by molar-refractivity contribution is 0.395. The van der Waals surface area contributed by atoms with Gasteiger partial charge >= 0.3 is 0 Å². The molecule has 1 unspecified atom stereocenters. The molecule has 0 aliphatic heterocycles. The fraction of sp³-hybridized carbons (Fsp3) is 0.235. The van der Waals surface area contributed by atoms with Crippen LogP contribution < -0.4 is 20.1 Å². The fourth-order valence-corrected chi connectivity index (χ4v) is 2.94. The van der Waals surface area contributed by atoms with Crippen molar-refractivity contribution in [2.24, 2.45) is 0 Å². The third-order valence-electron chi connectivity index (χ3n) is 3.43. The number of hydrogen-bond acceptors (Lipinski definition) is 3. The quantitative estimate of drug-likeness (QED) is 0.705. The van der Waals surface area contributed by atoms with Crippen molar-refractivity contribution in [1.29, 1.82) is 0 Å². The van der Waals surface area contributed by atoms with Crippen LogP contribution in [0.5, 0.6) is 11.5 Å². The maximum absolute atomic E-state index is 6.14. The van der Waals surface area contributed by atoms with Gasteiger partial charge in [-0.05, 0) is 55.5 Å². The van der Waals surface area contributed by atoms with Gasteiger partial charge in [-0.25, -0.2) is 0 Å². The summed E-state index contributed by atoms with van der Waals surface area (Å²) in [7, 11) is 3.25. The first kappa shape index (κ1) is 18.6. The number of thiocarbonyl (C=S) groups is 1. The van der Waals surface area contributed by atoms with Gasteiger partial charge in [0.2, 0.25) is 0 Å². The van der Waals surface area contributed by atoms with Gasteiger partial charge in [0.25, 0.3) is 0 Å². The third kappa shape index (κ3) is 4.66. The van der Waals surface area contributed by atoms with Crippen LogP contribution in [-0.2, 0) is 0 Å². The predicted octanol–water partition coefficient (Wildman–Crippen LogP) is 5.06. The van der Waals surface area contributed by atoms with Gasteiger partial charge in [0.15, 0.2) is 5.11 Å². The van der Waals surface area contributed by atoms with Crippen molar-refractivity contribution in [2.75, 3.05) is 19.5 Å². The van der Waals surface area contributed by atoms with Crippen LogP contribution in [0.4, 0.5) is 5.69 Å². The van der Waals surface area contributed by atoms with Crippen molar-refractivity contribution in [1.82, 2.24) is 5.32 Å². The van der Waals surface area contributed by atoms with Crippen LogP contribution in [0.2, 0.25) is 10.0 Å². The second-order valence-corrected chi connectivity index (χ2v) is 6.30. The smallest absolute Gasteiger partial charge is 0.171 e. The topological polar surface area (TPSA) is 42.5 Å². The summed E-state index contributed by atoms with van der Waals surface area (Å²) in [5, 5.41) is 7.78. The molecule has 128 valence electrons. The van der Waals surface area contributed by atoms with Crippen LogP contribution >= 0.6 is 35.4 Å². The zero-order chi connectivity index (χ0) is 17.7. The summed E-state index contributed by atoms with van der Waals surface area (Å²) < 4.78 is 10.7. The van der Waals surface area contributed by atoms with Crippen LogP contribution in [0.15, 0.2) is 36.4 Å². The summed E-state index contributed by atoms with van der Waals surface area (Å²) in [5.74, 6) is 1.50. The number of anilines is 1. The third-order valence-corrected chi connectivity index (χ3v) is 4.20. The Morgan fingerprint density at radius 1 is 1.08 bits per heavy atom. The Kier molecular flexibility index (Phi) is 6.54. The van der Waals surface area contributed by atoms with Crippen molar-refractivity contribution in [3.8, 4) is 11.5 Å². The van der Waals surface area contributed by atoms with Crippen LogP contribution in [-0.4, -0.2) is 19.3 Å². The molecule has 0 bridgehead atoms. The van der Waals surface area contributed by atoms with Crippen LogP contribution in [0.25, 0.3) is 0 Å². The molecule has 2 aromatic rings. The van der Waals surface area contributed by atoms with Gasteiger partial charge in [0, 0.05) is 10.6 Å². The Morgan fingerprint density at radius 3 is 2.46 bits per heavy atom. The van der Waals surface area contributed by atoms with Crippen LogP contribution in [0.3, 0.4) is 0 Å². The van der Waals surface area contributed by atoms with Gasteiger partial charge in [-0.2, -0.15) is 0 Å². The van der Waals surface area contributed by atoms with E-state index in [0.29, 0.717) is 20.8 Å².